The molecule has 1 unspecified atom stereocenters. The number of hydrogen-bond acceptors (Lipinski definition) is 4. The smallest absolute Gasteiger partial charge is 0.194 e. The van der Waals surface area contributed by atoms with Crippen LogP contribution >= 0.6 is 0 Å². The van der Waals surface area contributed by atoms with Gasteiger partial charge in [-0.3, -0.25) is 0 Å². The number of hydrogen-bond donors (Lipinski definition) is 1. The summed E-state index contributed by atoms with van der Waals surface area (Å²) in [7, 11) is 0. The van der Waals surface area contributed by atoms with Gasteiger partial charge in [0.1, 0.15) is 11.6 Å². The van der Waals surface area contributed by atoms with Crippen molar-refractivity contribution < 1.29 is 18.6 Å². The van der Waals surface area contributed by atoms with Gasteiger partial charge in [-0.1, -0.05) is 0 Å². The average Bonchev–Trinajstić information content (AvgIpc) is 3.28. The van der Waals surface area contributed by atoms with Crippen LogP contribution in [0.2, 0.25) is 0 Å². The highest BCUT2D eigenvalue weighted by Crippen LogP contribution is 2.38. The van der Waals surface area contributed by atoms with Crippen molar-refractivity contribution in [2.75, 3.05) is 39.6 Å². The summed E-state index contributed by atoms with van der Waals surface area (Å²) in [6.45, 7) is 7.44. The molecule has 0 saturated carbocycles. The first-order chi connectivity index (χ1) is 12.7. The zero-order valence-corrected chi connectivity index (χ0v) is 15.2. The molecule has 3 heterocycles. The molecular weight excluding hydrogens is 337 g/mol. The molecular formula is C19H26FN3O3. The molecule has 7 heteroatoms. The van der Waals surface area contributed by atoms with Gasteiger partial charge in [-0.15, -0.1) is 0 Å². The summed E-state index contributed by atoms with van der Waals surface area (Å²) < 4.78 is 30.4. The van der Waals surface area contributed by atoms with Gasteiger partial charge < -0.3 is 24.4 Å². The zero-order chi connectivity index (χ0) is 18.0. The van der Waals surface area contributed by atoms with Gasteiger partial charge in [0, 0.05) is 42.8 Å². The highest BCUT2D eigenvalue weighted by molar-refractivity contribution is 5.80. The first-order valence-electron chi connectivity index (χ1n) is 9.32. The molecule has 0 radical (unpaired) electrons. The Bertz CT molecular complexity index is 689. The van der Waals surface area contributed by atoms with E-state index in [9.17, 15) is 4.39 Å². The highest BCUT2D eigenvalue weighted by atomic mass is 19.1. The van der Waals surface area contributed by atoms with Gasteiger partial charge >= 0.3 is 0 Å². The molecule has 4 rings (SSSR count). The van der Waals surface area contributed by atoms with Crippen molar-refractivity contribution in [3.05, 3.63) is 29.1 Å². The Labute approximate surface area is 153 Å². The lowest BCUT2D eigenvalue weighted by Gasteiger charge is -2.25. The largest absolute Gasteiger partial charge is 0.467 e. The van der Waals surface area contributed by atoms with E-state index in [0.29, 0.717) is 18.9 Å². The van der Waals surface area contributed by atoms with Gasteiger partial charge in [-0.05, 0) is 31.9 Å². The van der Waals surface area contributed by atoms with E-state index < -0.39 is 0 Å². The molecule has 1 N–H and O–H groups in total. The monoisotopic (exact) mass is 363 g/mol. The second-order valence-corrected chi connectivity index (χ2v) is 7.31. The summed E-state index contributed by atoms with van der Waals surface area (Å²) in [6, 6.07) is 2.98. The molecule has 1 aromatic rings. The van der Waals surface area contributed by atoms with E-state index in [-0.39, 0.29) is 18.0 Å². The minimum atomic E-state index is -0.281. The van der Waals surface area contributed by atoms with E-state index in [4.69, 9.17) is 19.2 Å². The van der Waals surface area contributed by atoms with Crippen molar-refractivity contribution in [2.24, 2.45) is 10.4 Å². The Morgan fingerprint density at radius 1 is 1.35 bits per heavy atom. The van der Waals surface area contributed by atoms with Gasteiger partial charge in [-0.25, -0.2) is 9.38 Å². The molecule has 1 aromatic carbocycles. The van der Waals surface area contributed by atoms with Crippen LogP contribution < -0.4 is 10.1 Å². The second-order valence-electron chi connectivity index (χ2n) is 7.31. The Morgan fingerprint density at radius 3 is 3.08 bits per heavy atom. The van der Waals surface area contributed by atoms with Crippen molar-refractivity contribution in [1.29, 1.82) is 0 Å². The van der Waals surface area contributed by atoms with Crippen LogP contribution in [0.25, 0.3) is 0 Å². The maximum Gasteiger partial charge on any atom is 0.194 e. The molecule has 1 spiro atoms. The molecule has 6 nitrogen and oxygen atoms in total. The van der Waals surface area contributed by atoms with E-state index in [1.807, 2.05) is 0 Å². The first kappa shape index (κ1) is 17.5. The lowest BCUT2D eigenvalue weighted by molar-refractivity contribution is -0.0172. The lowest BCUT2D eigenvalue weighted by Crippen LogP contribution is -2.41. The third-order valence-corrected chi connectivity index (χ3v) is 5.41. The number of nitrogens with one attached hydrogen (secondary N) is 1. The van der Waals surface area contributed by atoms with Crippen LogP contribution in [0.1, 0.15) is 30.9 Å². The summed E-state index contributed by atoms with van der Waals surface area (Å²) in [5.74, 6) is 1.30. The first-order valence-corrected chi connectivity index (χ1v) is 9.32. The number of ether oxygens (including phenoxy) is 3. The number of fused-ring (bicyclic) bond motifs is 1. The predicted molar refractivity (Wildman–Crippen MR) is 95.6 cm³/mol. The minimum absolute atomic E-state index is 0.198. The number of guanidine groups is 1. The van der Waals surface area contributed by atoms with Gasteiger partial charge in [0.25, 0.3) is 0 Å². The number of nitrogens with zero attached hydrogens (tertiary/aromatic N) is 2. The van der Waals surface area contributed by atoms with Crippen LogP contribution in [-0.4, -0.2) is 50.5 Å². The number of benzene rings is 1. The lowest BCUT2D eigenvalue weighted by atomic mass is 9.87. The molecule has 2 saturated heterocycles. The Kier molecular flexibility index (Phi) is 5.00. The van der Waals surface area contributed by atoms with E-state index in [2.05, 4.69) is 17.1 Å². The molecule has 2 fully saturated rings. The molecule has 0 bridgehead atoms. The fourth-order valence-electron chi connectivity index (χ4n) is 4.05. The normalized spacial score (nSPS) is 25.5. The molecule has 3 aliphatic heterocycles. The minimum Gasteiger partial charge on any atom is -0.467 e. The van der Waals surface area contributed by atoms with Crippen LogP contribution in [0.4, 0.5) is 4.39 Å². The average molecular weight is 363 g/mol. The fraction of sp³-hybridized carbons (Fsp3) is 0.632. The standard InChI is InChI=1S/C19H26FN3O3/c1-2-21-18(23-5-3-19(11-23)4-6-24-12-19)22-9-14-7-16(20)8-15-10-25-13-26-17(14)15/h7-8H,2-6,9-13H2,1H3,(H,21,22). The van der Waals surface area contributed by atoms with Crippen molar-refractivity contribution in [3.63, 3.8) is 0 Å². The van der Waals surface area contributed by atoms with Gasteiger partial charge in [0.2, 0.25) is 0 Å². The van der Waals surface area contributed by atoms with E-state index >= 15 is 0 Å². The summed E-state index contributed by atoms with van der Waals surface area (Å²) in [5.41, 5.74) is 1.78. The highest BCUT2D eigenvalue weighted by Gasteiger charge is 2.42. The van der Waals surface area contributed by atoms with Gasteiger partial charge in [0.15, 0.2) is 12.8 Å². The van der Waals surface area contributed by atoms with Crippen molar-refractivity contribution in [3.8, 4) is 5.75 Å². The van der Waals surface area contributed by atoms with Crippen LogP contribution in [0.15, 0.2) is 17.1 Å². The summed E-state index contributed by atoms with van der Waals surface area (Å²) >= 11 is 0. The Hall–Kier alpha value is -1.86. The maximum absolute atomic E-state index is 13.9. The van der Waals surface area contributed by atoms with Crippen molar-refractivity contribution in [2.45, 2.75) is 32.9 Å². The van der Waals surface area contributed by atoms with Crippen LogP contribution in [-0.2, 0) is 22.6 Å². The van der Waals surface area contributed by atoms with Crippen molar-refractivity contribution in [1.82, 2.24) is 10.2 Å². The van der Waals surface area contributed by atoms with E-state index in [1.54, 1.807) is 0 Å². The third kappa shape index (κ3) is 3.50. The molecule has 0 amide bonds. The zero-order valence-electron chi connectivity index (χ0n) is 15.2. The van der Waals surface area contributed by atoms with E-state index in [0.717, 1.165) is 62.8 Å². The maximum atomic E-state index is 13.9. The predicted octanol–water partition coefficient (Wildman–Crippen LogP) is 2.27. The van der Waals surface area contributed by atoms with Crippen LogP contribution in [0.5, 0.6) is 5.75 Å². The SMILES string of the molecule is CCNC(=NCc1cc(F)cc2c1OCOC2)N1CCC2(CCOC2)C1. The third-order valence-electron chi connectivity index (χ3n) is 5.41. The molecule has 0 aliphatic carbocycles. The summed E-state index contributed by atoms with van der Waals surface area (Å²) in [4.78, 5) is 7.07. The number of likely N-dealkylation sites (tertiary alicyclic amines) is 1. The quantitative estimate of drug-likeness (QED) is 0.660. The molecule has 142 valence electrons. The number of rotatable bonds is 3. The number of halogens is 1. The molecule has 26 heavy (non-hydrogen) atoms. The second kappa shape index (κ2) is 7.40. The molecule has 3 aliphatic rings. The molecule has 1 atom stereocenters. The van der Waals surface area contributed by atoms with Crippen molar-refractivity contribution >= 4 is 5.96 Å². The van der Waals surface area contributed by atoms with Gasteiger partial charge in [0.05, 0.1) is 19.8 Å². The van der Waals surface area contributed by atoms with Gasteiger partial charge in [-0.2, -0.15) is 0 Å². The molecule has 0 aromatic heterocycles. The fourth-order valence-corrected chi connectivity index (χ4v) is 4.05. The summed E-state index contributed by atoms with van der Waals surface area (Å²) in [5, 5.41) is 3.37. The summed E-state index contributed by atoms with van der Waals surface area (Å²) in [6.07, 6.45) is 2.25. The van der Waals surface area contributed by atoms with E-state index in [1.165, 1.54) is 12.1 Å². The topological polar surface area (TPSA) is 55.3 Å². The van der Waals surface area contributed by atoms with Crippen LogP contribution in [0.3, 0.4) is 0 Å². The number of aliphatic imine (C=N–C) groups is 1. The Balaban J connectivity index is 1.53. The van der Waals surface area contributed by atoms with Crippen LogP contribution in [0, 0.1) is 11.2 Å². The Morgan fingerprint density at radius 2 is 2.27 bits per heavy atom.